The highest BCUT2D eigenvalue weighted by Gasteiger charge is 2.11. The van der Waals surface area contributed by atoms with E-state index in [-0.39, 0.29) is 11.7 Å². The first kappa shape index (κ1) is 17.0. The number of carbonyl (C=O) groups excluding carboxylic acids is 1. The van der Waals surface area contributed by atoms with E-state index in [1.165, 1.54) is 6.21 Å². The fraction of sp³-hybridized carbons (Fsp3) is 0.176. The quantitative estimate of drug-likeness (QED) is 0.553. The number of amides is 1. The second-order valence-electron chi connectivity index (χ2n) is 5.17. The number of nitrogens with zero attached hydrogens (tertiary/aromatic N) is 1. The van der Waals surface area contributed by atoms with Crippen LogP contribution in [0.3, 0.4) is 0 Å². The van der Waals surface area contributed by atoms with Gasteiger partial charge in [-0.3, -0.25) is 4.79 Å². The third-order valence-corrected chi connectivity index (χ3v) is 3.69. The Hall–Kier alpha value is -2.34. The van der Waals surface area contributed by atoms with E-state index >= 15 is 0 Å². The molecule has 0 radical (unpaired) electrons. The second-order valence-corrected chi connectivity index (χ2v) is 6.09. The number of halogens is 1. The molecule has 0 aliphatic heterocycles. The van der Waals surface area contributed by atoms with Gasteiger partial charge in [-0.15, -0.1) is 0 Å². The Kier molecular flexibility index (Phi) is 5.76. The first-order chi connectivity index (χ1) is 11.0. The third-order valence-electron chi connectivity index (χ3n) is 3.20. The molecule has 0 aliphatic rings. The van der Waals surface area contributed by atoms with E-state index in [1.807, 2.05) is 31.2 Å². The Morgan fingerprint density at radius 1 is 1.26 bits per heavy atom. The van der Waals surface area contributed by atoms with Crippen molar-refractivity contribution in [2.45, 2.75) is 19.9 Å². The van der Waals surface area contributed by atoms with Crippen LogP contribution in [0.5, 0.6) is 5.75 Å². The van der Waals surface area contributed by atoms with Crippen molar-refractivity contribution >= 4 is 33.7 Å². The van der Waals surface area contributed by atoms with Crippen LogP contribution in [0, 0.1) is 6.92 Å². The van der Waals surface area contributed by atoms with E-state index in [2.05, 4.69) is 31.8 Å². The van der Waals surface area contributed by atoms with Crippen molar-refractivity contribution in [3.8, 4) is 5.75 Å². The highest BCUT2D eigenvalue weighted by molar-refractivity contribution is 9.10. The van der Waals surface area contributed by atoms with Gasteiger partial charge in [-0.2, -0.15) is 5.10 Å². The number of hydrazone groups is 1. The zero-order chi connectivity index (χ0) is 16.8. The number of anilines is 1. The van der Waals surface area contributed by atoms with Gasteiger partial charge in [0.15, 0.2) is 0 Å². The van der Waals surface area contributed by atoms with Gasteiger partial charge in [0.25, 0.3) is 5.91 Å². The van der Waals surface area contributed by atoms with Gasteiger partial charge in [-0.05, 0) is 44.2 Å². The summed E-state index contributed by atoms with van der Waals surface area (Å²) in [5.74, 6) is -0.173. The van der Waals surface area contributed by atoms with Gasteiger partial charge in [0.2, 0.25) is 0 Å². The number of hydrogen-bond acceptors (Lipinski definition) is 4. The summed E-state index contributed by atoms with van der Waals surface area (Å²) < 4.78 is 0.817. The molecule has 23 heavy (non-hydrogen) atoms. The molecular weight excluding hydrogens is 358 g/mol. The Morgan fingerprint density at radius 3 is 2.65 bits per heavy atom. The Morgan fingerprint density at radius 2 is 1.96 bits per heavy atom. The summed E-state index contributed by atoms with van der Waals surface area (Å²) in [6.07, 6.45) is 1.40. The van der Waals surface area contributed by atoms with Crippen LogP contribution in [0.25, 0.3) is 0 Å². The third kappa shape index (κ3) is 5.10. The number of nitrogens with one attached hydrogen (secondary N) is 2. The minimum absolute atomic E-state index is 0.0945. The minimum atomic E-state index is -0.439. The fourth-order valence-corrected chi connectivity index (χ4v) is 2.24. The molecule has 0 aromatic heterocycles. The van der Waals surface area contributed by atoms with Crippen molar-refractivity contribution in [3.05, 3.63) is 58.1 Å². The van der Waals surface area contributed by atoms with E-state index in [4.69, 9.17) is 0 Å². The number of rotatable bonds is 5. The van der Waals surface area contributed by atoms with Crippen LogP contribution in [0.15, 0.2) is 52.0 Å². The zero-order valence-corrected chi connectivity index (χ0v) is 14.5. The maximum absolute atomic E-state index is 12.0. The lowest BCUT2D eigenvalue weighted by Gasteiger charge is -2.13. The lowest BCUT2D eigenvalue weighted by atomic mass is 10.2. The van der Waals surface area contributed by atoms with E-state index in [9.17, 15) is 9.90 Å². The predicted molar refractivity (Wildman–Crippen MR) is 95.8 cm³/mol. The van der Waals surface area contributed by atoms with Crippen LogP contribution in [0.4, 0.5) is 5.69 Å². The molecule has 0 unspecified atom stereocenters. The molecule has 0 saturated carbocycles. The molecule has 0 saturated heterocycles. The molecule has 120 valence electrons. The van der Waals surface area contributed by atoms with Crippen LogP contribution in [-0.2, 0) is 4.79 Å². The van der Waals surface area contributed by atoms with Gasteiger partial charge in [0, 0.05) is 15.7 Å². The highest BCUT2D eigenvalue weighted by Crippen LogP contribution is 2.19. The summed E-state index contributed by atoms with van der Waals surface area (Å²) in [6.45, 7) is 3.76. The van der Waals surface area contributed by atoms with E-state index in [0.717, 1.165) is 15.7 Å². The Labute approximate surface area is 143 Å². The molecule has 2 aromatic rings. The lowest BCUT2D eigenvalue weighted by molar-refractivity contribution is -0.121. The molecule has 0 heterocycles. The van der Waals surface area contributed by atoms with Crippen molar-refractivity contribution in [2.24, 2.45) is 5.10 Å². The molecule has 5 nitrogen and oxygen atoms in total. The average molecular weight is 376 g/mol. The number of aromatic hydroxyl groups is 1. The van der Waals surface area contributed by atoms with Crippen molar-refractivity contribution < 1.29 is 9.90 Å². The minimum Gasteiger partial charge on any atom is -0.507 e. The summed E-state index contributed by atoms with van der Waals surface area (Å²) in [6, 6.07) is 12.3. The molecular formula is C17H18BrN3O2. The molecule has 1 atom stereocenters. The van der Waals surface area contributed by atoms with Gasteiger partial charge in [0.1, 0.15) is 11.8 Å². The molecule has 0 aliphatic carbocycles. The van der Waals surface area contributed by atoms with Gasteiger partial charge in [0.05, 0.1) is 6.21 Å². The summed E-state index contributed by atoms with van der Waals surface area (Å²) >= 11 is 3.31. The lowest BCUT2D eigenvalue weighted by Crippen LogP contribution is -2.34. The first-order valence-corrected chi connectivity index (χ1v) is 7.89. The van der Waals surface area contributed by atoms with Crippen LogP contribution in [0.1, 0.15) is 18.1 Å². The van der Waals surface area contributed by atoms with Crippen molar-refractivity contribution in [2.75, 3.05) is 5.32 Å². The van der Waals surface area contributed by atoms with Crippen molar-refractivity contribution in [3.63, 3.8) is 0 Å². The summed E-state index contributed by atoms with van der Waals surface area (Å²) in [4.78, 5) is 12.0. The number of benzene rings is 2. The van der Waals surface area contributed by atoms with E-state index in [1.54, 1.807) is 25.1 Å². The first-order valence-electron chi connectivity index (χ1n) is 7.10. The van der Waals surface area contributed by atoms with Gasteiger partial charge >= 0.3 is 0 Å². The molecule has 0 spiro atoms. The average Bonchev–Trinajstić information content (AvgIpc) is 2.52. The van der Waals surface area contributed by atoms with Crippen molar-refractivity contribution in [1.82, 2.24) is 5.43 Å². The standard InChI is InChI=1S/C17H18BrN3O2/c1-11-3-6-15(7-4-11)20-12(2)17(23)21-19-10-13-9-14(18)5-8-16(13)22/h3-10,12,20,22H,1-2H3,(H,21,23)/b19-10-/t12-/m1/s1. The summed E-state index contributed by atoms with van der Waals surface area (Å²) in [5, 5.41) is 16.7. The summed E-state index contributed by atoms with van der Waals surface area (Å²) in [5.41, 5.74) is 4.99. The number of phenols is 1. The predicted octanol–water partition coefficient (Wildman–Crippen LogP) is 3.41. The van der Waals surface area contributed by atoms with Gasteiger partial charge in [-0.25, -0.2) is 5.43 Å². The SMILES string of the molecule is Cc1ccc(N[C@H](C)C(=O)N/N=C\c2cc(Br)ccc2O)cc1. The maximum atomic E-state index is 12.0. The topological polar surface area (TPSA) is 73.7 Å². The van der Waals surface area contributed by atoms with Gasteiger partial charge < -0.3 is 10.4 Å². The maximum Gasteiger partial charge on any atom is 0.262 e. The van der Waals surface area contributed by atoms with Crippen LogP contribution in [0.2, 0.25) is 0 Å². The van der Waals surface area contributed by atoms with Gasteiger partial charge in [-0.1, -0.05) is 33.6 Å². The summed E-state index contributed by atoms with van der Waals surface area (Å²) in [7, 11) is 0. The highest BCUT2D eigenvalue weighted by atomic mass is 79.9. The number of phenolic OH excluding ortho intramolecular Hbond substituents is 1. The smallest absolute Gasteiger partial charge is 0.262 e. The Bertz CT molecular complexity index is 714. The van der Waals surface area contributed by atoms with E-state index < -0.39 is 6.04 Å². The van der Waals surface area contributed by atoms with Crippen LogP contribution >= 0.6 is 15.9 Å². The molecule has 0 bridgehead atoms. The largest absolute Gasteiger partial charge is 0.507 e. The normalized spacial score (nSPS) is 12.1. The number of hydrogen-bond donors (Lipinski definition) is 3. The monoisotopic (exact) mass is 375 g/mol. The molecule has 2 aromatic carbocycles. The van der Waals surface area contributed by atoms with Crippen molar-refractivity contribution in [1.29, 1.82) is 0 Å². The van der Waals surface area contributed by atoms with Crippen LogP contribution < -0.4 is 10.7 Å². The number of aryl methyl sites for hydroxylation is 1. The fourth-order valence-electron chi connectivity index (χ4n) is 1.86. The molecule has 0 fully saturated rings. The molecule has 3 N–H and O–H groups in total. The van der Waals surface area contributed by atoms with E-state index in [0.29, 0.717) is 5.56 Å². The zero-order valence-electron chi connectivity index (χ0n) is 12.9. The second kappa shape index (κ2) is 7.78. The molecule has 1 amide bonds. The van der Waals surface area contributed by atoms with Crippen LogP contribution in [-0.4, -0.2) is 23.3 Å². The number of carbonyl (C=O) groups is 1. The molecule has 2 rings (SSSR count). The molecule has 6 heteroatoms. The Balaban J connectivity index is 1.92.